The second kappa shape index (κ2) is 9.98. The number of hydrogen-bond donors (Lipinski definition) is 0. The highest BCUT2D eigenvalue weighted by Gasteiger charge is 2.20. The van der Waals surface area contributed by atoms with Crippen LogP contribution in [0.2, 0.25) is 0 Å². The molecule has 0 aliphatic heterocycles. The highest BCUT2D eigenvalue weighted by Crippen LogP contribution is 2.12. The molecule has 0 radical (unpaired) electrons. The van der Waals surface area contributed by atoms with Gasteiger partial charge in [0, 0.05) is 29.8 Å². The maximum absolute atomic E-state index is 13.2. The van der Waals surface area contributed by atoms with Crippen LogP contribution in [0.1, 0.15) is 41.0 Å². The molecule has 3 rings (SSSR count). The van der Waals surface area contributed by atoms with Crippen LogP contribution < -0.4 is 11.2 Å². The smallest absolute Gasteiger partial charge is 0.333 e. The summed E-state index contributed by atoms with van der Waals surface area (Å²) in [5, 5.41) is 0. The van der Waals surface area contributed by atoms with Crippen molar-refractivity contribution in [3.8, 4) is 0 Å². The van der Waals surface area contributed by atoms with Gasteiger partial charge in [-0.15, -0.1) is 0 Å². The van der Waals surface area contributed by atoms with Crippen molar-refractivity contribution >= 4 is 5.78 Å². The fourth-order valence-corrected chi connectivity index (χ4v) is 3.46. The standard InChI is InChI=1S/C24H26N2O4/c1-3-20-21(15-18-11-7-5-8-12-18)26(17-30-4-2)24(29)25(23(20)28)16-22(27)19-13-9-6-10-14-19/h5-14H,3-4,15-17H2,1-2H3. The summed E-state index contributed by atoms with van der Waals surface area (Å²) >= 11 is 0. The third kappa shape index (κ3) is 4.66. The van der Waals surface area contributed by atoms with Crippen molar-refractivity contribution in [1.29, 1.82) is 0 Å². The van der Waals surface area contributed by atoms with Crippen LogP contribution in [0.3, 0.4) is 0 Å². The fraction of sp³-hybridized carbons (Fsp3) is 0.292. The third-order valence-corrected chi connectivity index (χ3v) is 5.03. The molecule has 6 nitrogen and oxygen atoms in total. The Balaban J connectivity index is 2.11. The van der Waals surface area contributed by atoms with Crippen LogP contribution in [0, 0.1) is 0 Å². The van der Waals surface area contributed by atoms with Crippen molar-refractivity contribution in [3.05, 3.63) is 104 Å². The maximum Gasteiger partial charge on any atom is 0.333 e. The first-order chi connectivity index (χ1) is 14.6. The van der Waals surface area contributed by atoms with Crippen LogP contribution >= 0.6 is 0 Å². The second-order valence-electron chi connectivity index (χ2n) is 6.95. The molecular weight excluding hydrogens is 380 g/mol. The summed E-state index contributed by atoms with van der Waals surface area (Å²) in [5.74, 6) is -0.282. The summed E-state index contributed by atoms with van der Waals surface area (Å²) < 4.78 is 8.04. The molecule has 2 aromatic carbocycles. The predicted molar refractivity (Wildman–Crippen MR) is 116 cm³/mol. The van der Waals surface area contributed by atoms with Crippen LogP contribution in [-0.4, -0.2) is 21.5 Å². The lowest BCUT2D eigenvalue weighted by Crippen LogP contribution is -2.45. The second-order valence-corrected chi connectivity index (χ2v) is 6.95. The van der Waals surface area contributed by atoms with E-state index >= 15 is 0 Å². The zero-order valence-electron chi connectivity index (χ0n) is 17.3. The third-order valence-electron chi connectivity index (χ3n) is 5.03. The van der Waals surface area contributed by atoms with E-state index in [4.69, 9.17) is 4.74 Å². The maximum atomic E-state index is 13.2. The SMILES string of the molecule is CCOCn1c(Cc2ccccc2)c(CC)c(=O)n(CC(=O)c2ccccc2)c1=O. The molecule has 0 N–H and O–H groups in total. The van der Waals surface area contributed by atoms with Gasteiger partial charge in [-0.25, -0.2) is 4.79 Å². The van der Waals surface area contributed by atoms with Gasteiger partial charge in [0.15, 0.2) is 5.78 Å². The summed E-state index contributed by atoms with van der Waals surface area (Å²) in [4.78, 5) is 39.1. The first-order valence-electron chi connectivity index (χ1n) is 10.1. The van der Waals surface area contributed by atoms with E-state index in [0.717, 1.165) is 10.1 Å². The van der Waals surface area contributed by atoms with Gasteiger partial charge in [0.25, 0.3) is 5.56 Å². The Morgan fingerprint density at radius 3 is 2.13 bits per heavy atom. The molecule has 0 fully saturated rings. The van der Waals surface area contributed by atoms with E-state index in [9.17, 15) is 14.4 Å². The normalized spacial score (nSPS) is 10.9. The largest absolute Gasteiger partial charge is 0.361 e. The molecule has 6 heteroatoms. The predicted octanol–water partition coefficient (Wildman–Crippen LogP) is 3.04. The van der Waals surface area contributed by atoms with Gasteiger partial charge in [0.05, 0.1) is 6.54 Å². The molecule has 156 valence electrons. The van der Waals surface area contributed by atoms with Gasteiger partial charge < -0.3 is 4.74 Å². The van der Waals surface area contributed by atoms with E-state index < -0.39 is 11.2 Å². The Bertz CT molecular complexity index is 1120. The van der Waals surface area contributed by atoms with Gasteiger partial charge in [-0.2, -0.15) is 0 Å². The summed E-state index contributed by atoms with van der Waals surface area (Å²) in [7, 11) is 0. The first-order valence-corrected chi connectivity index (χ1v) is 10.1. The van der Waals surface area contributed by atoms with Crippen LogP contribution in [0.5, 0.6) is 0 Å². The fourth-order valence-electron chi connectivity index (χ4n) is 3.46. The van der Waals surface area contributed by atoms with Crippen LogP contribution in [-0.2, 0) is 30.9 Å². The minimum Gasteiger partial charge on any atom is -0.361 e. The van der Waals surface area contributed by atoms with Gasteiger partial charge in [0.2, 0.25) is 0 Å². The molecule has 0 amide bonds. The highest BCUT2D eigenvalue weighted by molar-refractivity contribution is 5.95. The van der Waals surface area contributed by atoms with E-state index in [1.54, 1.807) is 24.3 Å². The topological polar surface area (TPSA) is 70.3 Å². The molecule has 0 aliphatic rings. The van der Waals surface area contributed by atoms with E-state index in [-0.39, 0.29) is 19.1 Å². The molecular formula is C24H26N2O4. The van der Waals surface area contributed by atoms with Gasteiger partial charge in [-0.05, 0) is 18.9 Å². The summed E-state index contributed by atoms with van der Waals surface area (Å²) in [6.45, 7) is 3.89. The lowest BCUT2D eigenvalue weighted by molar-refractivity contribution is 0.0800. The Labute approximate surface area is 175 Å². The van der Waals surface area contributed by atoms with Crippen molar-refractivity contribution in [1.82, 2.24) is 9.13 Å². The minimum atomic E-state index is -0.527. The Morgan fingerprint density at radius 2 is 1.53 bits per heavy atom. The average Bonchev–Trinajstić information content (AvgIpc) is 2.78. The van der Waals surface area contributed by atoms with E-state index in [1.165, 1.54) is 4.57 Å². The number of Topliss-reactive ketones (excluding diaryl/α,β-unsaturated/α-hetero) is 1. The van der Waals surface area contributed by atoms with E-state index in [1.807, 2.05) is 50.2 Å². The lowest BCUT2D eigenvalue weighted by atomic mass is 10.0. The molecule has 0 saturated heterocycles. The Morgan fingerprint density at radius 1 is 0.900 bits per heavy atom. The van der Waals surface area contributed by atoms with Crippen molar-refractivity contribution in [2.24, 2.45) is 0 Å². The number of carbonyl (C=O) groups excluding carboxylic acids is 1. The molecule has 1 aromatic heterocycles. The molecule has 0 saturated carbocycles. The lowest BCUT2D eigenvalue weighted by Gasteiger charge is -2.19. The van der Waals surface area contributed by atoms with E-state index in [0.29, 0.717) is 36.3 Å². The molecule has 3 aromatic rings. The molecule has 0 aliphatic carbocycles. The quantitative estimate of drug-likeness (QED) is 0.512. The Kier molecular flexibility index (Phi) is 7.14. The number of hydrogen-bond acceptors (Lipinski definition) is 4. The first kappa shape index (κ1) is 21.5. The summed E-state index contributed by atoms with van der Waals surface area (Å²) in [6.07, 6.45) is 0.891. The van der Waals surface area contributed by atoms with Crippen molar-refractivity contribution in [2.45, 2.75) is 40.0 Å². The number of aromatic nitrogens is 2. The molecule has 0 atom stereocenters. The van der Waals surface area contributed by atoms with Gasteiger partial charge in [-0.1, -0.05) is 67.6 Å². The Hall–Kier alpha value is -3.25. The van der Waals surface area contributed by atoms with Crippen molar-refractivity contribution < 1.29 is 9.53 Å². The van der Waals surface area contributed by atoms with Crippen molar-refractivity contribution in [2.75, 3.05) is 6.61 Å². The summed E-state index contributed by atoms with van der Waals surface area (Å²) in [5.41, 5.74) is 1.68. The van der Waals surface area contributed by atoms with Gasteiger partial charge in [-0.3, -0.25) is 18.7 Å². The number of carbonyl (C=O) groups is 1. The highest BCUT2D eigenvalue weighted by atomic mass is 16.5. The zero-order valence-corrected chi connectivity index (χ0v) is 17.3. The van der Waals surface area contributed by atoms with Gasteiger partial charge in [0.1, 0.15) is 6.73 Å². The zero-order chi connectivity index (χ0) is 21.5. The molecule has 0 unspecified atom stereocenters. The van der Waals surface area contributed by atoms with E-state index in [2.05, 4.69) is 0 Å². The summed E-state index contributed by atoms with van der Waals surface area (Å²) in [6, 6.07) is 18.4. The number of nitrogens with zero attached hydrogens (tertiary/aromatic N) is 2. The number of ether oxygens (including phenoxy) is 1. The molecule has 0 spiro atoms. The number of ketones is 1. The average molecular weight is 406 g/mol. The molecule has 1 heterocycles. The minimum absolute atomic E-state index is 0.0321. The van der Waals surface area contributed by atoms with Gasteiger partial charge >= 0.3 is 5.69 Å². The van der Waals surface area contributed by atoms with Crippen molar-refractivity contribution in [3.63, 3.8) is 0 Å². The molecule has 30 heavy (non-hydrogen) atoms. The van der Waals surface area contributed by atoms with Crippen LogP contribution in [0.4, 0.5) is 0 Å². The van der Waals surface area contributed by atoms with Crippen LogP contribution in [0.25, 0.3) is 0 Å². The number of benzene rings is 2. The van der Waals surface area contributed by atoms with Crippen LogP contribution in [0.15, 0.2) is 70.3 Å². The monoisotopic (exact) mass is 406 g/mol. The molecule has 0 bridgehead atoms. The number of rotatable bonds is 9.